The maximum absolute atomic E-state index is 11.9. The van der Waals surface area contributed by atoms with Crippen molar-refractivity contribution >= 4 is 38.3 Å². The number of nitrogens with zero attached hydrogens (tertiary/aromatic N) is 1. The molecule has 106 valence electrons. The van der Waals surface area contributed by atoms with E-state index >= 15 is 0 Å². The molecule has 1 N–H and O–H groups in total. The van der Waals surface area contributed by atoms with Gasteiger partial charge in [0.15, 0.2) is 4.34 Å². The molecular formula is C12H9F2NO3S2. The molecule has 0 aliphatic carbocycles. The quantitative estimate of drug-likeness (QED) is 0.919. The molecule has 2 aromatic rings. The minimum atomic E-state index is -1.79. The molecule has 1 unspecified atom stereocenters. The van der Waals surface area contributed by atoms with E-state index in [1.54, 1.807) is 6.07 Å². The zero-order chi connectivity index (χ0) is 14.7. The lowest BCUT2D eigenvalue weighted by atomic mass is 10.2. The lowest BCUT2D eigenvalue weighted by Gasteiger charge is -1.93. The standard InChI is InChI=1S/C12H9F2NO3S2/c13-10(14)2-1-5-20(18)12-15-8-6-7(11(16)17)3-4-9(8)19-12/h2-4,6H,1,5H2,(H,16,17). The van der Waals surface area contributed by atoms with Crippen LogP contribution >= 0.6 is 11.3 Å². The Morgan fingerprint density at radius 1 is 1.45 bits per heavy atom. The Labute approximate surface area is 119 Å². The van der Waals surface area contributed by atoms with E-state index in [1.165, 1.54) is 23.5 Å². The topological polar surface area (TPSA) is 67.3 Å². The fourth-order valence-corrected chi connectivity index (χ4v) is 3.77. The van der Waals surface area contributed by atoms with E-state index in [9.17, 15) is 17.8 Å². The summed E-state index contributed by atoms with van der Waals surface area (Å²) in [6, 6.07) is 4.44. The monoisotopic (exact) mass is 317 g/mol. The summed E-state index contributed by atoms with van der Waals surface area (Å²) in [4.78, 5) is 14.9. The van der Waals surface area contributed by atoms with Gasteiger partial charge in [0.25, 0.3) is 6.08 Å². The summed E-state index contributed by atoms with van der Waals surface area (Å²) in [6.45, 7) is 0. The first kappa shape index (κ1) is 14.7. The predicted octanol–water partition coefficient (Wildman–Crippen LogP) is 3.27. The first-order valence-corrected chi connectivity index (χ1v) is 7.64. The summed E-state index contributed by atoms with van der Waals surface area (Å²) < 4.78 is 36.6. The minimum absolute atomic E-state index is 0.00520. The van der Waals surface area contributed by atoms with E-state index in [2.05, 4.69) is 4.98 Å². The van der Waals surface area contributed by atoms with Crippen molar-refractivity contribution in [2.45, 2.75) is 10.8 Å². The number of fused-ring (bicyclic) bond motifs is 1. The lowest BCUT2D eigenvalue weighted by Crippen LogP contribution is -1.96. The highest BCUT2D eigenvalue weighted by molar-refractivity contribution is 7.87. The molecule has 4 nitrogen and oxygen atoms in total. The van der Waals surface area contributed by atoms with Crippen LogP contribution in [0.15, 0.2) is 34.7 Å². The first-order chi connectivity index (χ1) is 9.47. The number of benzene rings is 1. The third-order valence-electron chi connectivity index (χ3n) is 2.41. The number of hydrogen-bond acceptors (Lipinski definition) is 4. The van der Waals surface area contributed by atoms with Crippen LogP contribution in [-0.4, -0.2) is 26.0 Å². The van der Waals surface area contributed by atoms with Crippen molar-refractivity contribution in [2.24, 2.45) is 0 Å². The molecule has 0 fully saturated rings. The zero-order valence-corrected chi connectivity index (χ0v) is 11.6. The minimum Gasteiger partial charge on any atom is -0.478 e. The molecule has 0 amide bonds. The Hall–Kier alpha value is -1.67. The third-order valence-corrected chi connectivity index (χ3v) is 5.14. The van der Waals surface area contributed by atoms with Crippen molar-refractivity contribution in [2.75, 3.05) is 5.75 Å². The highest BCUT2D eigenvalue weighted by atomic mass is 32.2. The summed E-state index contributed by atoms with van der Waals surface area (Å²) >= 11 is 1.17. The van der Waals surface area contributed by atoms with Crippen molar-refractivity contribution in [3.63, 3.8) is 0 Å². The summed E-state index contributed by atoms with van der Waals surface area (Å²) in [6.07, 6.45) is -1.07. The molecule has 20 heavy (non-hydrogen) atoms. The molecule has 0 radical (unpaired) electrons. The molecule has 0 saturated heterocycles. The van der Waals surface area contributed by atoms with Crippen LogP contribution < -0.4 is 0 Å². The molecule has 0 saturated carbocycles. The van der Waals surface area contributed by atoms with Crippen LogP contribution in [0.25, 0.3) is 10.2 Å². The number of aromatic nitrogens is 1. The molecule has 2 rings (SSSR count). The number of carboxylic acids is 1. The second-order valence-corrected chi connectivity index (χ2v) is 6.57. The van der Waals surface area contributed by atoms with Gasteiger partial charge in [0.05, 0.1) is 26.6 Å². The Morgan fingerprint density at radius 3 is 2.85 bits per heavy atom. The van der Waals surface area contributed by atoms with Gasteiger partial charge in [-0.25, -0.2) is 9.78 Å². The smallest absolute Gasteiger partial charge is 0.335 e. The first-order valence-electron chi connectivity index (χ1n) is 5.51. The molecule has 1 heterocycles. The van der Waals surface area contributed by atoms with Gasteiger partial charge in [-0.1, -0.05) is 0 Å². The van der Waals surface area contributed by atoms with Crippen LogP contribution in [0.1, 0.15) is 16.8 Å². The second kappa shape index (κ2) is 6.19. The highest BCUT2D eigenvalue weighted by Gasteiger charge is 2.12. The number of allylic oxidation sites excluding steroid dienone is 1. The molecule has 0 aliphatic rings. The van der Waals surface area contributed by atoms with Gasteiger partial charge in [-0.2, -0.15) is 8.78 Å². The molecule has 8 heteroatoms. The van der Waals surface area contributed by atoms with E-state index in [0.717, 1.165) is 0 Å². The Morgan fingerprint density at radius 2 is 2.20 bits per heavy atom. The Balaban J connectivity index is 2.21. The van der Waals surface area contributed by atoms with Crippen LogP contribution in [-0.2, 0) is 10.8 Å². The normalized spacial score (nSPS) is 12.3. The van der Waals surface area contributed by atoms with Crippen LogP contribution in [0.4, 0.5) is 8.78 Å². The summed E-state index contributed by atoms with van der Waals surface area (Å²) in [5, 5.41) is 8.87. The van der Waals surface area contributed by atoms with E-state index in [0.29, 0.717) is 20.6 Å². The van der Waals surface area contributed by atoms with Crippen LogP contribution in [0, 0.1) is 0 Å². The molecule has 1 aromatic carbocycles. The molecule has 1 aromatic heterocycles. The zero-order valence-electron chi connectivity index (χ0n) is 10.0. The van der Waals surface area contributed by atoms with Crippen molar-refractivity contribution in [3.05, 3.63) is 35.9 Å². The van der Waals surface area contributed by atoms with Crippen LogP contribution in [0.5, 0.6) is 0 Å². The third kappa shape index (κ3) is 3.45. The van der Waals surface area contributed by atoms with Gasteiger partial charge in [-0.05, 0) is 30.7 Å². The Bertz CT molecular complexity index is 708. The summed E-state index contributed by atoms with van der Waals surface area (Å²) in [5.41, 5.74) is 0.549. The number of carboxylic acid groups (broad SMARTS) is 1. The fourth-order valence-electron chi connectivity index (χ4n) is 1.50. The SMILES string of the molecule is O=C(O)c1ccc2sc(S(=O)CCC=C(F)F)nc2c1. The van der Waals surface area contributed by atoms with Crippen LogP contribution in [0.3, 0.4) is 0 Å². The summed E-state index contributed by atoms with van der Waals surface area (Å²) in [5.74, 6) is -1.01. The summed E-state index contributed by atoms with van der Waals surface area (Å²) in [7, 11) is -1.47. The van der Waals surface area contributed by atoms with Crippen molar-refractivity contribution < 1.29 is 22.9 Å². The Kier molecular flexibility index (Phi) is 4.56. The van der Waals surface area contributed by atoms with Gasteiger partial charge in [-0.15, -0.1) is 11.3 Å². The maximum Gasteiger partial charge on any atom is 0.335 e. The van der Waals surface area contributed by atoms with Gasteiger partial charge in [0.2, 0.25) is 0 Å². The number of rotatable bonds is 5. The van der Waals surface area contributed by atoms with Gasteiger partial charge in [-0.3, -0.25) is 4.21 Å². The van der Waals surface area contributed by atoms with Gasteiger partial charge < -0.3 is 5.11 Å². The number of thiazole rings is 1. The fraction of sp³-hybridized carbons (Fsp3) is 0.167. The van der Waals surface area contributed by atoms with Crippen molar-refractivity contribution in [3.8, 4) is 0 Å². The number of carbonyl (C=O) groups is 1. The van der Waals surface area contributed by atoms with Crippen molar-refractivity contribution in [1.82, 2.24) is 4.98 Å². The largest absolute Gasteiger partial charge is 0.478 e. The average Bonchev–Trinajstić information content (AvgIpc) is 2.80. The number of halogens is 2. The number of hydrogen-bond donors (Lipinski definition) is 1. The second-order valence-electron chi connectivity index (χ2n) is 3.80. The highest BCUT2D eigenvalue weighted by Crippen LogP contribution is 2.25. The van der Waals surface area contributed by atoms with E-state index in [-0.39, 0.29) is 17.7 Å². The maximum atomic E-state index is 11.9. The van der Waals surface area contributed by atoms with Crippen molar-refractivity contribution in [1.29, 1.82) is 0 Å². The molecule has 1 atom stereocenters. The van der Waals surface area contributed by atoms with Gasteiger partial charge in [0, 0.05) is 5.75 Å². The predicted molar refractivity (Wildman–Crippen MR) is 72.8 cm³/mol. The van der Waals surface area contributed by atoms with E-state index in [1.807, 2.05) is 0 Å². The molecule has 0 spiro atoms. The number of aromatic carboxylic acids is 1. The lowest BCUT2D eigenvalue weighted by molar-refractivity contribution is 0.0697. The van der Waals surface area contributed by atoms with E-state index < -0.39 is 22.8 Å². The van der Waals surface area contributed by atoms with E-state index in [4.69, 9.17) is 5.11 Å². The van der Waals surface area contributed by atoms with Gasteiger partial charge >= 0.3 is 5.97 Å². The molecular weight excluding hydrogens is 308 g/mol. The molecule has 0 aliphatic heterocycles. The average molecular weight is 317 g/mol. The molecule has 0 bridgehead atoms. The van der Waals surface area contributed by atoms with Crippen LogP contribution in [0.2, 0.25) is 0 Å². The van der Waals surface area contributed by atoms with Gasteiger partial charge in [0.1, 0.15) is 0 Å².